The SMILES string of the molecule is Cc1cc(CNS(=O)(=O)c2ccc(S(=O)(=O)Nc3ccc(Cl)c4c(Cl)c[nH]c34)cc2)nn1C. The van der Waals surface area contributed by atoms with E-state index in [-0.39, 0.29) is 22.0 Å². The van der Waals surface area contributed by atoms with Crippen LogP contribution in [0.25, 0.3) is 10.9 Å². The van der Waals surface area contributed by atoms with Gasteiger partial charge in [-0.05, 0) is 49.4 Å². The fourth-order valence-electron chi connectivity index (χ4n) is 3.23. The smallest absolute Gasteiger partial charge is 0.261 e. The van der Waals surface area contributed by atoms with E-state index in [1.54, 1.807) is 17.8 Å². The van der Waals surface area contributed by atoms with Gasteiger partial charge in [0.2, 0.25) is 10.0 Å². The summed E-state index contributed by atoms with van der Waals surface area (Å²) in [5, 5.41) is 5.44. The van der Waals surface area contributed by atoms with Gasteiger partial charge in [0, 0.05) is 24.3 Å². The van der Waals surface area contributed by atoms with E-state index in [1.165, 1.54) is 42.6 Å². The molecule has 0 aliphatic heterocycles. The van der Waals surface area contributed by atoms with Gasteiger partial charge in [-0.1, -0.05) is 23.2 Å². The molecular weight excluding hydrogens is 509 g/mol. The second kappa shape index (κ2) is 8.65. The number of aromatic amines is 1. The normalized spacial score (nSPS) is 12.4. The molecule has 9 nitrogen and oxygen atoms in total. The van der Waals surface area contributed by atoms with Gasteiger partial charge < -0.3 is 4.98 Å². The Kier molecular flexibility index (Phi) is 6.18. The molecule has 0 bridgehead atoms. The Bertz CT molecular complexity index is 1540. The maximum atomic E-state index is 12.9. The van der Waals surface area contributed by atoms with E-state index in [2.05, 4.69) is 19.5 Å². The van der Waals surface area contributed by atoms with Crippen molar-refractivity contribution in [1.82, 2.24) is 19.5 Å². The van der Waals surface area contributed by atoms with Crippen LogP contribution in [0.5, 0.6) is 0 Å². The number of nitrogens with zero attached hydrogens (tertiary/aromatic N) is 2. The highest BCUT2D eigenvalue weighted by Crippen LogP contribution is 2.35. The Morgan fingerprint density at radius 2 is 1.61 bits per heavy atom. The highest BCUT2D eigenvalue weighted by atomic mass is 35.5. The summed E-state index contributed by atoms with van der Waals surface area (Å²) in [6.07, 6.45) is 1.51. The number of nitrogens with one attached hydrogen (secondary N) is 3. The second-order valence-electron chi connectivity index (χ2n) is 7.28. The zero-order valence-electron chi connectivity index (χ0n) is 17.4. The lowest BCUT2D eigenvalue weighted by atomic mass is 10.2. The molecule has 0 fully saturated rings. The highest BCUT2D eigenvalue weighted by molar-refractivity contribution is 7.92. The summed E-state index contributed by atoms with van der Waals surface area (Å²) < 4.78 is 57.5. The minimum Gasteiger partial charge on any atom is -0.358 e. The summed E-state index contributed by atoms with van der Waals surface area (Å²) in [7, 11) is -6.11. The number of benzene rings is 2. The molecule has 0 amide bonds. The van der Waals surface area contributed by atoms with Gasteiger partial charge in [0.25, 0.3) is 10.0 Å². The van der Waals surface area contributed by atoms with Gasteiger partial charge in [-0.25, -0.2) is 21.6 Å². The summed E-state index contributed by atoms with van der Waals surface area (Å²) >= 11 is 12.3. The molecule has 2 heterocycles. The van der Waals surface area contributed by atoms with Crippen molar-refractivity contribution in [3.63, 3.8) is 0 Å². The molecular formula is C20H19Cl2N5O4S2. The first-order valence-corrected chi connectivity index (χ1v) is 13.3. The van der Waals surface area contributed by atoms with Crippen molar-refractivity contribution in [3.8, 4) is 0 Å². The number of fused-ring (bicyclic) bond motifs is 1. The lowest BCUT2D eigenvalue weighted by Gasteiger charge is -2.11. The van der Waals surface area contributed by atoms with Crippen LogP contribution in [-0.2, 0) is 33.6 Å². The molecule has 13 heteroatoms. The summed E-state index contributed by atoms with van der Waals surface area (Å²) in [6.45, 7) is 1.87. The minimum absolute atomic E-state index is 0.0108. The maximum absolute atomic E-state index is 12.9. The Balaban J connectivity index is 1.54. The van der Waals surface area contributed by atoms with Crippen LogP contribution < -0.4 is 9.44 Å². The van der Waals surface area contributed by atoms with Gasteiger partial charge in [0.05, 0.1) is 43.3 Å². The third kappa shape index (κ3) is 4.73. The van der Waals surface area contributed by atoms with Gasteiger partial charge in [-0.3, -0.25) is 9.40 Å². The average molecular weight is 528 g/mol. The van der Waals surface area contributed by atoms with Crippen molar-refractivity contribution >= 4 is 59.8 Å². The zero-order valence-corrected chi connectivity index (χ0v) is 20.6. The molecule has 174 valence electrons. The monoisotopic (exact) mass is 527 g/mol. The van der Waals surface area contributed by atoms with E-state index < -0.39 is 20.0 Å². The summed E-state index contributed by atoms with van der Waals surface area (Å²) in [4.78, 5) is 2.72. The molecule has 0 atom stereocenters. The van der Waals surface area contributed by atoms with E-state index in [1.807, 2.05) is 6.92 Å². The quantitative estimate of drug-likeness (QED) is 0.337. The van der Waals surface area contributed by atoms with Gasteiger partial charge >= 0.3 is 0 Å². The van der Waals surface area contributed by atoms with Crippen LogP contribution in [-0.4, -0.2) is 31.6 Å². The number of H-pyrrole nitrogens is 1. The average Bonchev–Trinajstić information content (AvgIpc) is 3.31. The first-order valence-electron chi connectivity index (χ1n) is 9.55. The third-order valence-electron chi connectivity index (χ3n) is 5.03. The summed E-state index contributed by atoms with van der Waals surface area (Å²) in [5.41, 5.74) is 2.15. The molecule has 0 radical (unpaired) electrons. The molecule has 2 aromatic heterocycles. The third-order valence-corrected chi connectivity index (χ3v) is 8.44. The van der Waals surface area contributed by atoms with E-state index >= 15 is 0 Å². The van der Waals surface area contributed by atoms with Crippen LogP contribution in [0.2, 0.25) is 10.0 Å². The highest BCUT2D eigenvalue weighted by Gasteiger charge is 2.20. The van der Waals surface area contributed by atoms with Gasteiger partial charge in [-0.15, -0.1) is 0 Å². The predicted octanol–water partition coefficient (Wildman–Crippen LogP) is 3.80. The Morgan fingerprint density at radius 1 is 0.970 bits per heavy atom. The van der Waals surface area contributed by atoms with Gasteiger partial charge in [0.15, 0.2) is 0 Å². The number of anilines is 1. The van der Waals surface area contributed by atoms with E-state index in [9.17, 15) is 16.8 Å². The summed E-state index contributed by atoms with van der Waals surface area (Å²) in [5.74, 6) is 0. The van der Waals surface area contributed by atoms with Gasteiger partial charge in [-0.2, -0.15) is 5.10 Å². The van der Waals surface area contributed by atoms with Gasteiger partial charge in [0.1, 0.15) is 0 Å². The van der Waals surface area contributed by atoms with Crippen LogP contribution in [0.1, 0.15) is 11.4 Å². The molecule has 2 aromatic carbocycles. The second-order valence-corrected chi connectivity index (χ2v) is 11.5. The first kappa shape index (κ1) is 23.6. The molecule has 0 aliphatic carbocycles. The molecule has 0 saturated heterocycles. The standard InChI is InChI=1S/C20H19Cl2N5O4S2/c1-12-9-13(25-27(12)2)10-24-32(28,29)14-3-5-15(6-4-14)33(30,31)26-18-8-7-16(21)19-17(22)11-23-20(18)19/h3-9,11,23-24,26H,10H2,1-2H3. The van der Waals surface area contributed by atoms with Crippen LogP contribution in [0.4, 0.5) is 5.69 Å². The Morgan fingerprint density at radius 3 is 2.21 bits per heavy atom. The fourth-order valence-corrected chi connectivity index (χ4v) is 5.86. The lowest BCUT2D eigenvalue weighted by molar-refractivity contribution is 0.578. The number of sulfonamides is 2. The van der Waals surface area contributed by atoms with Crippen molar-refractivity contribution in [2.45, 2.75) is 23.3 Å². The van der Waals surface area contributed by atoms with Crippen LogP contribution in [0.3, 0.4) is 0 Å². The Hall–Kier alpha value is -2.57. The van der Waals surface area contributed by atoms with Crippen LogP contribution in [0.15, 0.2) is 58.5 Å². The molecule has 33 heavy (non-hydrogen) atoms. The summed E-state index contributed by atoms with van der Waals surface area (Å²) in [6, 6.07) is 9.71. The number of rotatable bonds is 7. The number of aromatic nitrogens is 3. The van der Waals surface area contributed by atoms with Crippen molar-refractivity contribution in [3.05, 3.63) is 70.1 Å². The van der Waals surface area contributed by atoms with Crippen molar-refractivity contribution in [2.75, 3.05) is 4.72 Å². The van der Waals surface area contributed by atoms with E-state index in [0.717, 1.165) is 5.69 Å². The van der Waals surface area contributed by atoms with Crippen molar-refractivity contribution in [2.24, 2.45) is 7.05 Å². The number of hydrogen-bond donors (Lipinski definition) is 3. The predicted molar refractivity (Wildman–Crippen MR) is 128 cm³/mol. The number of hydrogen-bond acceptors (Lipinski definition) is 5. The van der Waals surface area contributed by atoms with Crippen LogP contribution in [0, 0.1) is 6.92 Å². The maximum Gasteiger partial charge on any atom is 0.261 e. The fraction of sp³-hybridized carbons (Fsp3) is 0.150. The molecule has 4 aromatic rings. The topological polar surface area (TPSA) is 126 Å². The zero-order chi connectivity index (χ0) is 24.0. The molecule has 0 unspecified atom stereocenters. The number of aryl methyl sites for hydroxylation is 2. The largest absolute Gasteiger partial charge is 0.358 e. The van der Waals surface area contributed by atoms with Crippen molar-refractivity contribution in [1.29, 1.82) is 0 Å². The lowest BCUT2D eigenvalue weighted by Crippen LogP contribution is -2.23. The molecule has 4 rings (SSSR count). The first-order chi connectivity index (χ1) is 15.5. The van der Waals surface area contributed by atoms with Crippen LogP contribution >= 0.6 is 23.2 Å². The molecule has 0 aliphatic rings. The molecule has 0 saturated carbocycles. The number of halogens is 2. The Labute approximate surface area is 200 Å². The van der Waals surface area contributed by atoms with Crippen molar-refractivity contribution < 1.29 is 16.8 Å². The van der Waals surface area contributed by atoms with E-state index in [4.69, 9.17) is 23.2 Å². The van der Waals surface area contributed by atoms with E-state index in [0.29, 0.717) is 26.6 Å². The minimum atomic E-state index is -4.01. The molecule has 3 N–H and O–H groups in total. The molecule has 0 spiro atoms.